The number of nitrogens with zero attached hydrogens (tertiary/aromatic N) is 1. The SMILES string of the molecule is CCC1CCCCCN1S(=O)(=O)CCCCCl. The average Bonchev–Trinajstić information content (AvgIpc) is 2.54. The molecular formula is C12H24ClNO2S. The Bertz CT molecular complexity index is 306. The second kappa shape index (κ2) is 7.59. The van der Waals surface area contributed by atoms with Crippen LogP contribution in [0.4, 0.5) is 0 Å². The highest BCUT2D eigenvalue weighted by Gasteiger charge is 2.29. The summed E-state index contributed by atoms with van der Waals surface area (Å²) in [5.41, 5.74) is 0. The van der Waals surface area contributed by atoms with Crippen molar-refractivity contribution >= 4 is 21.6 Å². The molecule has 0 radical (unpaired) electrons. The molecule has 3 nitrogen and oxygen atoms in total. The molecule has 0 spiro atoms. The summed E-state index contributed by atoms with van der Waals surface area (Å²) in [6.45, 7) is 2.79. The summed E-state index contributed by atoms with van der Waals surface area (Å²) < 4.78 is 26.3. The molecule has 0 bridgehead atoms. The molecule has 1 unspecified atom stereocenters. The lowest BCUT2D eigenvalue weighted by molar-refractivity contribution is 0.314. The monoisotopic (exact) mass is 281 g/mol. The zero-order valence-electron chi connectivity index (χ0n) is 10.7. The highest BCUT2D eigenvalue weighted by Crippen LogP contribution is 2.22. The summed E-state index contributed by atoms with van der Waals surface area (Å²) >= 11 is 5.59. The van der Waals surface area contributed by atoms with Crippen LogP contribution in [0.15, 0.2) is 0 Å². The molecule has 1 atom stereocenters. The van der Waals surface area contributed by atoms with Crippen LogP contribution in [-0.2, 0) is 10.0 Å². The van der Waals surface area contributed by atoms with Gasteiger partial charge >= 0.3 is 0 Å². The van der Waals surface area contributed by atoms with Crippen molar-refractivity contribution < 1.29 is 8.42 Å². The third-order valence-corrected chi connectivity index (χ3v) is 5.70. The molecule has 0 saturated carbocycles. The standard InChI is InChI=1S/C12H24ClNO2S/c1-2-12-8-4-3-6-10-14(12)17(15,16)11-7-5-9-13/h12H,2-11H2,1H3. The van der Waals surface area contributed by atoms with E-state index in [2.05, 4.69) is 6.92 Å². The zero-order valence-corrected chi connectivity index (χ0v) is 12.3. The average molecular weight is 282 g/mol. The fraction of sp³-hybridized carbons (Fsp3) is 1.00. The fourth-order valence-electron chi connectivity index (χ4n) is 2.42. The van der Waals surface area contributed by atoms with Gasteiger partial charge in [0.15, 0.2) is 0 Å². The van der Waals surface area contributed by atoms with Crippen LogP contribution in [-0.4, -0.2) is 36.9 Å². The molecule has 1 rings (SSSR count). The van der Waals surface area contributed by atoms with E-state index in [0.29, 0.717) is 18.8 Å². The summed E-state index contributed by atoms with van der Waals surface area (Å²) in [5.74, 6) is 0.808. The maximum absolute atomic E-state index is 12.3. The van der Waals surface area contributed by atoms with Crippen molar-refractivity contribution in [2.45, 2.75) is 57.9 Å². The third kappa shape index (κ3) is 4.76. The lowest BCUT2D eigenvalue weighted by Crippen LogP contribution is -2.40. The van der Waals surface area contributed by atoms with E-state index in [-0.39, 0.29) is 11.8 Å². The van der Waals surface area contributed by atoms with Gasteiger partial charge in [-0.05, 0) is 32.1 Å². The van der Waals surface area contributed by atoms with Gasteiger partial charge in [-0.15, -0.1) is 11.6 Å². The Morgan fingerprint density at radius 3 is 2.65 bits per heavy atom. The van der Waals surface area contributed by atoms with Crippen molar-refractivity contribution in [3.63, 3.8) is 0 Å². The molecule has 0 aromatic carbocycles. The molecule has 17 heavy (non-hydrogen) atoms. The van der Waals surface area contributed by atoms with Gasteiger partial charge < -0.3 is 0 Å². The van der Waals surface area contributed by atoms with Crippen molar-refractivity contribution in [2.75, 3.05) is 18.2 Å². The Labute approximate surface area is 111 Å². The number of rotatable bonds is 6. The Morgan fingerprint density at radius 1 is 1.24 bits per heavy atom. The number of hydrogen-bond donors (Lipinski definition) is 0. The molecule has 0 aliphatic carbocycles. The quantitative estimate of drug-likeness (QED) is 0.554. The van der Waals surface area contributed by atoms with Gasteiger partial charge in [0.2, 0.25) is 10.0 Å². The van der Waals surface area contributed by atoms with E-state index in [4.69, 9.17) is 11.6 Å². The molecule has 1 fully saturated rings. The van der Waals surface area contributed by atoms with E-state index >= 15 is 0 Å². The molecule has 0 amide bonds. The molecular weight excluding hydrogens is 258 g/mol. The summed E-state index contributed by atoms with van der Waals surface area (Å²) in [5, 5.41) is 0. The van der Waals surface area contributed by atoms with Crippen molar-refractivity contribution in [3.05, 3.63) is 0 Å². The first-order valence-corrected chi connectivity index (χ1v) is 8.81. The highest BCUT2D eigenvalue weighted by molar-refractivity contribution is 7.89. The zero-order chi connectivity index (χ0) is 12.7. The summed E-state index contributed by atoms with van der Waals surface area (Å²) in [6.07, 6.45) is 6.73. The Morgan fingerprint density at radius 2 is 2.00 bits per heavy atom. The topological polar surface area (TPSA) is 37.4 Å². The van der Waals surface area contributed by atoms with Crippen LogP contribution in [0.1, 0.15) is 51.9 Å². The molecule has 5 heteroatoms. The largest absolute Gasteiger partial charge is 0.214 e. The molecule has 0 aromatic heterocycles. The summed E-state index contributed by atoms with van der Waals surface area (Å²) in [4.78, 5) is 0. The van der Waals surface area contributed by atoms with Gasteiger partial charge in [0.1, 0.15) is 0 Å². The molecule has 1 saturated heterocycles. The number of hydrogen-bond acceptors (Lipinski definition) is 2. The second-order valence-corrected chi connectivity index (χ2v) is 7.15. The Hall–Kier alpha value is 0.200. The van der Waals surface area contributed by atoms with Gasteiger partial charge in [0, 0.05) is 18.5 Å². The molecule has 1 aliphatic rings. The predicted octanol–water partition coefficient (Wildman–Crippen LogP) is 2.99. The normalized spacial score (nSPS) is 23.5. The van der Waals surface area contributed by atoms with Crippen molar-refractivity contribution in [3.8, 4) is 0 Å². The van der Waals surface area contributed by atoms with Crippen molar-refractivity contribution in [1.29, 1.82) is 0 Å². The Balaban J connectivity index is 2.64. The van der Waals surface area contributed by atoms with Gasteiger partial charge in [0.05, 0.1) is 5.75 Å². The minimum absolute atomic E-state index is 0.221. The summed E-state index contributed by atoms with van der Waals surface area (Å²) in [7, 11) is -3.07. The minimum Gasteiger partial charge on any atom is -0.212 e. The first kappa shape index (κ1) is 15.3. The lowest BCUT2D eigenvalue weighted by Gasteiger charge is -2.28. The second-order valence-electron chi connectivity index (χ2n) is 4.73. The first-order valence-electron chi connectivity index (χ1n) is 6.67. The van der Waals surface area contributed by atoms with Gasteiger partial charge in [-0.1, -0.05) is 19.8 Å². The Kier molecular flexibility index (Phi) is 6.82. The van der Waals surface area contributed by atoms with Crippen molar-refractivity contribution in [2.24, 2.45) is 0 Å². The van der Waals surface area contributed by atoms with Crippen LogP contribution in [0, 0.1) is 0 Å². The third-order valence-electron chi connectivity index (χ3n) is 3.44. The number of halogens is 1. The van der Waals surface area contributed by atoms with Crippen molar-refractivity contribution in [1.82, 2.24) is 4.31 Å². The molecule has 0 N–H and O–H groups in total. The van der Waals surface area contributed by atoms with E-state index in [0.717, 1.165) is 38.5 Å². The number of alkyl halides is 1. The maximum Gasteiger partial charge on any atom is 0.214 e. The predicted molar refractivity (Wildman–Crippen MR) is 73.0 cm³/mol. The van der Waals surface area contributed by atoms with Crippen LogP contribution >= 0.6 is 11.6 Å². The molecule has 102 valence electrons. The fourth-order valence-corrected chi connectivity index (χ4v) is 4.53. The van der Waals surface area contributed by atoms with Crippen LogP contribution in [0.25, 0.3) is 0 Å². The first-order chi connectivity index (χ1) is 8.11. The minimum atomic E-state index is -3.07. The lowest BCUT2D eigenvalue weighted by atomic mass is 10.1. The molecule has 1 heterocycles. The van der Waals surface area contributed by atoms with E-state index in [1.807, 2.05) is 0 Å². The maximum atomic E-state index is 12.3. The summed E-state index contributed by atoms with van der Waals surface area (Å²) in [6, 6.07) is 0.221. The highest BCUT2D eigenvalue weighted by atomic mass is 35.5. The van der Waals surface area contributed by atoms with Crippen LogP contribution in [0.2, 0.25) is 0 Å². The number of unbranched alkanes of at least 4 members (excludes halogenated alkanes) is 1. The van der Waals surface area contributed by atoms with E-state index in [9.17, 15) is 8.42 Å². The molecule has 1 aliphatic heterocycles. The van der Waals surface area contributed by atoms with Gasteiger partial charge in [-0.2, -0.15) is 4.31 Å². The van der Waals surface area contributed by atoms with Crippen LogP contribution < -0.4 is 0 Å². The van der Waals surface area contributed by atoms with E-state index in [1.165, 1.54) is 0 Å². The van der Waals surface area contributed by atoms with Gasteiger partial charge in [0.25, 0.3) is 0 Å². The number of sulfonamides is 1. The van der Waals surface area contributed by atoms with Crippen LogP contribution in [0.3, 0.4) is 0 Å². The molecule has 0 aromatic rings. The van der Waals surface area contributed by atoms with Crippen LogP contribution in [0.5, 0.6) is 0 Å². The van der Waals surface area contributed by atoms with E-state index in [1.54, 1.807) is 4.31 Å². The van der Waals surface area contributed by atoms with E-state index < -0.39 is 10.0 Å². The van der Waals surface area contributed by atoms with Gasteiger partial charge in [-0.25, -0.2) is 8.42 Å². The smallest absolute Gasteiger partial charge is 0.212 e. The van der Waals surface area contributed by atoms with Gasteiger partial charge in [-0.3, -0.25) is 0 Å².